The van der Waals surface area contributed by atoms with Gasteiger partial charge in [0.2, 0.25) is 0 Å². The van der Waals surface area contributed by atoms with Crippen LogP contribution in [-0.2, 0) is 10.2 Å². The monoisotopic (exact) mass is 317 g/mol. The molecule has 1 aromatic rings. The van der Waals surface area contributed by atoms with E-state index in [1.807, 2.05) is 27.0 Å². The largest absolute Gasteiger partial charge is 0.480 e. The number of hydrogen-bond acceptors (Lipinski definition) is 6. The molecule has 0 spiro atoms. The van der Waals surface area contributed by atoms with Gasteiger partial charge in [0.15, 0.2) is 0 Å². The summed E-state index contributed by atoms with van der Waals surface area (Å²) in [5, 5.41) is 15.6. The first-order valence-electron chi connectivity index (χ1n) is 6.12. The van der Waals surface area contributed by atoms with Gasteiger partial charge < -0.3 is 10.4 Å². The molecular formula is C12H19N3O3S2. The lowest BCUT2D eigenvalue weighted by molar-refractivity contribution is -0.139. The standard InChI is InChI=1S/C12H19N3O3S2/c1-12(2,3)9-8(20-15-14-9)10(16)13-7(11(17)18)5-6-19-4/h7H,5-6H2,1-4H3,(H,13,16)(H,17,18)/t7-/m0/s1. The van der Waals surface area contributed by atoms with E-state index in [9.17, 15) is 9.59 Å². The number of carboxylic acids is 1. The Bertz CT molecular complexity index is 483. The molecule has 0 fully saturated rings. The van der Waals surface area contributed by atoms with E-state index >= 15 is 0 Å². The van der Waals surface area contributed by atoms with Crippen molar-refractivity contribution >= 4 is 35.2 Å². The fraction of sp³-hybridized carbons (Fsp3) is 0.667. The van der Waals surface area contributed by atoms with Gasteiger partial charge in [-0.15, -0.1) is 5.10 Å². The van der Waals surface area contributed by atoms with Crippen LogP contribution < -0.4 is 5.32 Å². The number of carbonyl (C=O) groups excluding carboxylic acids is 1. The third-order valence-corrected chi connectivity index (χ3v) is 3.99. The Kier molecular flexibility index (Phi) is 5.94. The second kappa shape index (κ2) is 7.03. The minimum atomic E-state index is -1.03. The molecule has 0 unspecified atom stereocenters. The third kappa shape index (κ3) is 4.45. The first-order chi connectivity index (χ1) is 9.27. The van der Waals surface area contributed by atoms with Crippen LogP contribution in [0.5, 0.6) is 0 Å². The van der Waals surface area contributed by atoms with Crippen LogP contribution in [0.4, 0.5) is 0 Å². The molecule has 1 aromatic heterocycles. The van der Waals surface area contributed by atoms with Crippen molar-refractivity contribution in [3.05, 3.63) is 10.6 Å². The second-order valence-electron chi connectivity index (χ2n) is 5.35. The SMILES string of the molecule is CSCC[C@H](NC(=O)c1snnc1C(C)(C)C)C(=O)O. The molecule has 0 aliphatic heterocycles. The van der Waals surface area contributed by atoms with Crippen LogP contribution in [0.25, 0.3) is 0 Å². The molecule has 0 saturated carbocycles. The van der Waals surface area contributed by atoms with Gasteiger partial charge in [-0.1, -0.05) is 25.3 Å². The van der Waals surface area contributed by atoms with E-state index in [1.54, 1.807) is 11.8 Å². The van der Waals surface area contributed by atoms with Crippen LogP contribution in [0.2, 0.25) is 0 Å². The van der Waals surface area contributed by atoms with E-state index in [2.05, 4.69) is 14.9 Å². The van der Waals surface area contributed by atoms with Crippen LogP contribution in [0, 0.1) is 0 Å². The maximum Gasteiger partial charge on any atom is 0.326 e. The summed E-state index contributed by atoms with van der Waals surface area (Å²) >= 11 is 2.53. The van der Waals surface area contributed by atoms with Gasteiger partial charge in [-0.3, -0.25) is 4.79 Å². The van der Waals surface area contributed by atoms with Crippen molar-refractivity contribution in [2.75, 3.05) is 12.0 Å². The summed E-state index contributed by atoms with van der Waals surface area (Å²) in [4.78, 5) is 23.7. The first kappa shape index (κ1) is 16.9. The normalized spacial score (nSPS) is 13.0. The number of carboxylic acid groups (broad SMARTS) is 1. The number of hydrogen-bond donors (Lipinski definition) is 2. The molecule has 0 aliphatic rings. The average Bonchev–Trinajstić information content (AvgIpc) is 2.82. The van der Waals surface area contributed by atoms with Gasteiger partial charge in [-0.05, 0) is 30.0 Å². The fourth-order valence-electron chi connectivity index (χ4n) is 1.55. The van der Waals surface area contributed by atoms with Gasteiger partial charge in [0.1, 0.15) is 10.9 Å². The van der Waals surface area contributed by atoms with Gasteiger partial charge in [0.05, 0.1) is 5.69 Å². The van der Waals surface area contributed by atoms with Gasteiger partial charge in [0.25, 0.3) is 5.91 Å². The highest BCUT2D eigenvalue weighted by Gasteiger charge is 2.28. The quantitative estimate of drug-likeness (QED) is 0.831. The molecule has 0 radical (unpaired) electrons. The Hall–Kier alpha value is -1.15. The summed E-state index contributed by atoms with van der Waals surface area (Å²) in [6.07, 6.45) is 2.28. The molecule has 20 heavy (non-hydrogen) atoms. The molecule has 0 aromatic carbocycles. The molecule has 6 nitrogen and oxygen atoms in total. The maximum atomic E-state index is 12.2. The van der Waals surface area contributed by atoms with E-state index in [0.717, 1.165) is 11.5 Å². The molecule has 0 aliphatic carbocycles. The number of nitrogens with zero attached hydrogens (tertiary/aromatic N) is 2. The topological polar surface area (TPSA) is 92.2 Å². The zero-order chi connectivity index (χ0) is 15.3. The van der Waals surface area contributed by atoms with E-state index in [4.69, 9.17) is 5.11 Å². The molecule has 0 bridgehead atoms. The predicted molar refractivity (Wildman–Crippen MR) is 80.5 cm³/mol. The van der Waals surface area contributed by atoms with E-state index in [-0.39, 0.29) is 5.41 Å². The minimum absolute atomic E-state index is 0.308. The van der Waals surface area contributed by atoms with Crippen molar-refractivity contribution in [2.45, 2.75) is 38.6 Å². The highest BCUT2D eigenvalue weighted by Crippen LogP contribution is 2.25. The summed E-state index contributed by atoms with van der Waals surface area (Å²) < 4.78 is 3.80. The number of aliphatic carboxylic acids is 1. The van der Waals surface area contributed by atoms with Crippen molar-refractivity contribution in [3.8, 4) is 0 Å². The number of thioether (sulfide) groups is 1. The highest BCUT2D eigenvalue weighted by molar-refractivity contribution is 7.98. The van der Waals surface area contributed by atoms with Crippen LogP contribution in [0.3, 0.4) is 0 Å². The van der Waals surface area contributed by atoms with Crippen molar-refractivity contribution in [1.29, 1.82) is 0 Å². The van der Waals surface area contributed by atoms with Crippen molar-refractivity contribution in [3.63, 3.8) is 0 Å². The van der Waals surface area contributed by atoms with Crippen molar-refractivity contribution in [2.24, 2.45) is 0 Å². The summed E-state index contributed by atoms with van der Waals surface area (Å²) in [5.74, 6) is -0.773. The van der Waals surface area contributed by atoms with Gasteiger partial charge in [0, 0.05) is 5.41 Å². The Labute approximate surface area is 126 Å². The lowest BCUT2D eigenvalue weighted by Gasteiger charge is -2.18. The minimum Gasteiger partial charge on any atom is -0.480 e. The number of amides is 1. The second-order valence-corrected chi connectivity index (χ2v) is 7.09. The average molecular weight is 317 g/mol. The van der Waals surface area contributed by atoms with Gasteiger partial charge in [-0.25, -0.2) is 4.79 Å². The van der Waals surface area contributed by atoms with Crippen molar-refractivity contribution in [1.82, 2.24) is 14.9 Å². The molecule has 1 amide bonds. The lowest BCUT2D eigenvalue weighted by atomic mass is 9.91. The Morgan fingerprint density at radius 1 is 1.45 bits per heavy atom. The Morgan fingerprint density at radius 3 is 2.60 bits per heavy atom. The van der Waals surface area contributed by atoms with Gasteiger partial charge >= 0.3 is 5.97 Å². The molecule has 1 rings (SSSR count). The highest BCUT2D eigenvalue weighted by atomic mass is 32.2. The van der Waals surface area contributed by atoms with E-state index in [0.29, 0.717) is 22.7 Å². The summed E-state index contributed by atoms with van der Waals surface area (Å²) in [5.41, 5.74) is 0.284. The molecule has 1 heterocycles. The third-order valence-electron chi connectivity index (χ3n) is 2.62. The smallest absolute Gasteiger partial charge is 0.326 e. The molecule has 0 saturated heterocycles. The van der Waals surface area contributed by atoms with Crippen LogP contribution >= 0.6 is 23.3 Å². The number of carbonyl (C=O) groups is 2. The summed E-state index contributed by atoms with van der Waals surface area (Å²) in [6, 6.07) is -0.884. The molecule has 8 heteroatoms. The summed E-state index contributed by atoms with van der Waals surface area (Å²) in [7, 11) is 0. The maximum absolute atomic E-state index is 12.2. The van der Waals surface area contributed by atoms with Gasteiger partial charge in [-0.2, -0.15) is 11.8 Å². The van der Waals surface area contributed by atoms with E-state index in [1.165, 1.54) is 0 Å². The molecule has 112 valence electrons. The van der Waals surface area contributed by atoms with E-state index < -0.39 is 17.9 Å². The zero-order valence-corrected chi connectivity index (χ0v) is 13.6. The van der Waals surface area contributed by atoms with Crippen LogP contribution in [0.1, 0.15) is 42.6 Å². The van der Waals surface area contributed by atoms with Crippen LogP contribution in [0.15, 0.2) is 0 Å². The van der Waals surface area contributed by atoms with Crippen LogP contribution in [-0.4, -0.2) is 44.6 Å². The Morgan fingerprint density at radius 2 is 2.10 bits per heavy atom. The zero-order valence-electron chi connectivity index (χ0n) is 12.0. The van der Waals surface area contributed by atoms with Crippen molar-refractivity contribution < 1.29 is 14.7 Å². The number of aromatic nitrogens is 2. The number of rotatable bonds is 6. The fourth-order valence-corrected chi connectivity index (χ4v) is 2.80. The molecular weight excluding hydrogens is 298 g/mol. The predicted octanol–water partition coefficient (Wildman–Crippen LogP) is 1.77. The first-order valence-corrected chi connectivity index (χ1v) is 8.29. The molecule has 2 N–H and O–H groups in total. The Balaban J connectivity index is 2.85. The lowest BCUT2D eigenvalue weighted by Crippen LogP contribution is -2.41. The number of nitrogens with one attached hydrogen (secondary N) is 1. The summed E-state index contributed by atoms with van der Waals surface area (Å²) in [6.45, 7) is 5.80. The molecule has 1 atom stereocenters.